The summed E-state index contributed by atoms with van der Waals surface area (Å²) in [5.41, 5.74) is 1.95. The van der Waals surface area contributed by atoms with Gasteiger partial charge in [0.15, 0.2) is 5.41 Å². The van der Waals surface area contributed by atoms with Crippen LogP contribution >= 0.6 is 15.9 Å². The van der Waals surface area contributed by atoms with E-state index < -0.39 is 23.1 Å². The number of carbonyl (C=O) groups excluding carboxylic acids is 2. The fourth-order valence-electron chi connectivity index (χ4n) is 5.27. The molecule has 0 aromatic heterocycles. The second-order valence-electron chi connectivity index (χ2n) is 8.94. The Labute approximate surface area is 184 Å². The number of halogens is 1. The van der Waals surface area contributed by atoms with E-state index in [0.717, 1.165) is 28.7 Å². The van der Waals surface area contributed by atoms with Gasteiger partial charge in [-0.05, 0) is 42.0 Å². The molecule has 0 amide bonds. The van der Waals surface area contributed by atoms with Gasteiger partial charge in [0.25, 0.3) is 5.79 Å². The second kappa shape index (κ2) is 6.84. The normalized spacial score (nSPS) is 26.4. The zero-order valence-electron chi connectivity index (χ0n) is 17.1. The summed E-state index contributed by atoms with van der Waals surface area (Å²) in [6.07, 6.45) is 1.95. The van der Waals surface area contributed by atoms with Gasteiger partial charge in [-0.25, -0.2) is 0 Å². The van der Waals surface area contributed by atoms with Crippen LogP contribution in [0.4, 0.5) is 5.69 Å². The molecule has 3 heterocycles. The SMILES string of the molecule is CC1(C)OC(=O)C2(Cc3ccc(Br)cc3N3CC[C@H](c4ccccc4)C[C@H]32)C(=O)O1. The number of fused-ring (bicyclic) bond motifs is 4. The number of benzene rings is 2. The van der Waals surface area contributed by atoms with E-state index in [9.17, 15) is 9.59 Å². The Morgan fingerprint density at radius 3 is 2.43 bits per heavy atom. The molecule has 5 rings (SSSR count). The fraction of sp³-hybridized carbons (Fsp3) is 0.417. The molecule has 2 fully saturated rings. The Bertz CT molecular complexity index is 999. The lowest BCUT2D eigenvalue weighted by Crippen LogP contribution is -2.67. The van der Waals surface area contributed by atoms with Gasteiger partial charge in [-0.15, -0.1) is 0 Å². The van der Waals surface area contributed by atoms with Crippen molar-refractivity contribution in [1.29, 1.82) is 0 Å². The first-order valence-corrected chi connectivity index (χ1v) is 11.2. The standard InChI is InChI=1S/C24H24BrNO4/c1-23(2)29-21(27)24(22(28)30-23)14-17-8-9-18(25)13-19(17)26-11-10-16(12-20(24)26)15-6-4-3-5-7-15/h3-9,13,16,20H,10-12,14H2,1-2H3/t16-,20-/m0/s1. The largest absolute Gasteiger partial charge is 0.422 e. The maximum Gasteiger partial charge on any atom is 0.329 e. The topological polar surface area (TPSA) is 55.8 Å². The maximum absolute atomic E-state index is 13.4. The van der Waals surface area contributed by atoms with Crippen molar-refractivity contribution >= 4 is 33.6 Å². The highest BCUT2D eigenvalue weighted by Gasteiger charge is 2.64. The highest BCUT2D eigenvalue weighted by molar-refractivity contribution is 9.10. The molecule has 0 N–H and O–H groups in total. The minimum absolute atomic E-state index is 0.272. The Hall–Kier alpha value is -2.34. The minimum Gasteiger partial charge on any atom is -0.422 e. The Morgan fingerprint density at radius 1 is 1.03 bits per heavy atom. The van der Waals surface area contributed by atoms with E-state index in [1.807, 2.05) is 30.3 Å². The van der Waals surface area contributed by atoms with Crippen LogP contribution in [0.25, 0.3) is 0 Å². The van der Waals surface area contributed by atoms with Gasteiger partial charge >= 0.3 is 11.9 Å². The predicted molar refractivity (Wildman–Crippen MR) is 116 cm³/mol. The summed E-state index contributed by atoms with van der Waals surface area (Å²) in [6.45, 7) is 3.98. The summed E-state index contributed by atoms with van der Waals surface area (Å²) in [5.74, 6) is -1.91. The van der Waals surface area contributed by atoms with E-state index in [4.69, 9.17) is 9.47 Å². The molecule has 2 atom stereocenters. The lowest BCUT2D eigenvalue weighted by atomic mass is 9.65. The number of ether oxygens (including phenoxy) is 2. The molecule has 2 aromatic carbocycles. The maximum atomic E-state index is 13.4. The first kappa shape index (κ1) is 19.6. The van der Waals surface area contributed by atoms with Gasteiger partial charge in [0, 0.05) is 37.0 Å². The molecule has 5 nitrogen and oxygen atoms in total. The van der Waals surface area contributed by atoms with E-state index in [1.54, 1.807) is 13.8 Å². The summed E-state index contributed by atoms with van der Waals surface area (Å²) in [7, 11) is 0. The van der Waals surface area contributed by atoms with Crippen LogP contribution in [0.5, 0.6) is 0 Å². The van der Waals surface area contributed by atoms with Gasteiger partial charge in [-0.1, -0.05) is 52.3 Å². The van der Waals surface area contributed by atoms with E-state index in [0.29, 0.717) is 12.8 Å². The fourth-order valence-corrected chi connectivity index (χ4v) is 5.62. The van der Waals surface area contributed by atoms with Crippen molar-refractivity contribution in [3.8, 4) is 0 Å². The van der Waals surface area contributed by atoms with Crippen LogP contribution in [0.3, 0.4) is 0 Å². The monoisotopic (exact) mass is 469 g/mol. The Balaban J connectivity index is 1.62. The third-order valence-electron chi connectivity index (χ3n) is 6.67. The lowest BCUT2D eigenvalue weighted by molar-refractivity contribution is -0.253. The summed E-state index contributed by atoms with van der Waals surface area (Å²) in [4.78, 5) is 29.1. The third kappa shape index (κ3) is 2.96. The van der Waals surface area contributed by atoms with Gasteiger partial charge in [0.2, 0.25) is 0 Å². The summed E-state index contributed by atoms with van der Waals surface area (Å²) < 4.78 is 12.3. The van der Waals surface area contributed by atoms with Crippen molar-refractivity contribution < 1.29 is 19.1 Å². The molecule has 156 valence electrons. The average molecular weight is 470 g/mol. The number of rotatable bonds is 1. The number of nitrogens with zero attached hydrogens (tertiary/aromatic N) is 1. The number of esters is 2. The van der Waals surface area contributed by atoms with Crippen LogP contribution in [-0.4, -0.2) is 30.3 Å². The van der Waals surface area contributed by atoms with Crippen LogP contribution < -0.4 is 4.90 Å². The first-order valence-electron chi connectivity index (χ1n) is 10.4. The van der Waals surface area contributed by atoms with Crippen molar-refractivity contribution in [2.45, 2.75) is 50.9 Å². The van der Waals surface area contributed by atoms with E-state index in [-0.39, 0.29) is 12.0 Å². The molecule has 0 unspecified atom stereocenters. The van der Waals surface area contributed by atoms with Crippen LogP contribution in [0, 0.1) is 5.41 Å². The first-order chi connectivity index (χ1) is 14.3. The van der Waals surface area contributed by atoms with Gasteiger partial charge in [0.05, 0.1) is 6.04 Å². The van der Waals surface area contributed by atoms with Crippen molar-refractivity contribution in [2.75, 3.05) is 11.4 Å². The van der Waals surface area contributed by atoms with Crippen molar-refractivity contribution in [3.05, 3.63) is 64.1 Å². The average Bonchev–Trinajstić information content (AvgIpc) is 2.72. The molecule has 6 heteroatoms. The molecule has 2 saturated heterocycles. The molecule has 0 bridgehead atoms. The minimum atomic E-state index is -1.34. The highest BCUT2D eigenvalue weighted by Crippen LogP contribution is 2.51. The molecule has 2 aromatic rings. The van der Waals surface area contributed by atoms with Crippen LogP contribution in [-0.2, 0) is 25.5 Å². The molecule has 30 heavy (non-hydrogen) atoms. The van der Waals surface area contributed by atoms with Crippen molar-refractivity contribution in [1.82, 2.24) is 0 Å². The van der Waals surface area contributed by atoms with Crippen LogP contribution in [0.15, 0.2) is 53.0 Å². The zero-order valence-corrected chi connectivity index (χ0v) is 18.6. The molecular formula is C24H24BrNO4. The molecule has 3 aliphatic rings. The quantitative estimate of drug-likeness (QED) is 0.451. The van der Waals surface area contributed by atoms with Gasteiger partial charge in [-0.2, -0.15) is 0 Å². The number of hydrogen-bond donors (Lipinski definition) is 0. The summed E-state index contributed by atoms with van der Waals surface area (Å²) >= 11 is 3.57. The number of carbonyl (C=O) groups is 2. The van der Waals surface area contributed by atoms with E-state index >= 15 is 0 Å². The van der Waals surface area contributed by atoms with E-state index in [1.165, 1.54) is 5.56 Å². The second-order valence-corrected chi connectivity index (χ2v) is 9.86. The van der Waals surface area contributed by atoms with Gasteiger partial charge in [-0.3, -0.25) is 9.59 Å². The lowest BCUT2D eigenvalue weighted by Gasteiger charge is -2.54. The smallest absolute Gasteiger partial charge is 0.329 e. The number of piperidine rings is 1. The van der Waals surface area contributed by atoms with Gasteiger partial charge in [0.1, 0.15) is 0 Å². The Morgan fingerprint density at radius 2 is 1.73 bits per heavy atom. The molecule has 0 aliphatic carbocycles. The summed E-state index contributed by atoms with van der Waals surface area (Å²) in [6, 6.07) is 16.0. The molecule has 3 aliphatic heterocycles. The number of anilines is 1. The Kier molecular flexibility index (Phi) is 4.47. The third-order valence-corrected chi connectivity index (χ3v) is 7.17. The number of hydrogen-bond acceptors (Lipinski definition) is 5. The van der Waals surface area contributed by atoms with Crippen molar-refractivity contribution in [3.63, 3.8) is 0 Å². The zero-order chi connectivity index (χ0) is 21.1. The van der Waals surface area contributed by atoms with Crippen molar-refractivity contribution in [2.24, 2.45) is 5.41 Å². The van der Waals surface area contributed by atoms with E-state index in [2.05, 4.69) is 39.0 Å². The molecule has 0 radical (unpaired) electrons. The molecule has 0 saturated carbocycles. The molecule has 1 spiro atoms. The number of cyclic esters (lactones) is 2. The summed E-state index contributed by atoms with van der Waals surface area (Å²) in [5, 5.41) is 0. The van der Waals surface area contributed by atoms with Crippen LogP contribution in [0.1, 0.15) is 43.7 Å². The molecular weight excluding hydrogens is 446 g/mol. The van der Waals surface area contributed by atoms with Gasteiger partial charge < -0.3 is 14.4 Å². The predicted octanol–water partition coefficient (Wildman–Crippen LogP) is 4.58. The van der Waals surface area contributed by atoms with Crippen LogP contribution in [0.2, 0.25) is 0 Å². The highest BCUT2D eigenvalue weighted by atomic mass is 79.9.